The van der Waals surface area contributed by atoms with E-state index in [1.165, 1.54) is 6.33 Å². The van der Waals surface area contributed by atoms with Crippen LogP contribution in [0.2, 0.25) is 0 Å². The molecule has 0 amide bonds. The minimum absolute atomic E-state index is 0.00535. The SMILES string of the molecule is C[C@@H]1CN(c2cc(-c3n[nH]c4ccc(OC5(C)CC5)cc34)ncn2)CCN1CCC(F)(F)F. The summed E-state index contributed by atoms with van der Waals surface area (Å²) in [5, 5.41) is 8.45. The summed E-state index contributed by atoms with van der Waals surface area (Å²) < 4.78 is 43.9. The normalized spacial score (nSPS) is 20.9. The quantitative estimate of drug-likeness (QED) is 0.588. The first-order chi connectivity index (χ1) is 15.7. The largest absolute Gasteiger partial charge is 0.488 e. The minimum atomic E-state index is -4.13. The number of hydrogen-bond acceptors (Lipinski definition) is 6. The summed E-state index contributed by atoms with van der Waals surface area (Å²) in [5.74, 6) is 1.56. The molecule has 2 fully saturated rings. The number of benzene rings is 1. The molecule has 5 rings (SSSR count). The average Bonchev–Trinajstić information content (AvgIpc) is 3.34. The van der Waals surface area contributed by atoms with E-state index in [0.29, 0.717) is 25.3 Å². The van der Waals surface area contributed by atoms with Gasteiger partial charge in [0.1, 0.15) is 29.2 Å². The molecule has 1 saturated carbocycles. The van der Waals surface area contributed by atoms with Crippen LogP contribution in [0.15, 0.2) is 30.6 Å². The Labute approximate surface area is 190 Å². The van der Waals surface area contributed by atoms with Crippen LogP contribution >= 0.6 is 0 Å². The lowest BCUT2D eigenvalue weighted by Gasteiger charge is -2.40. The van der Waals surface area contributed by atoms with E-state index in [-0.39, 0.29) is 18.2 Å². The van der Waals surface area contributed by atoms with Crippen molar-refractivity contribution in [2.75, 3.05) is 31.1 Å². The molecule has 1 saturated heterocycles. The minimum Gasteiger partial charge on any atom is -0.488 e. The van der Waals surface area contributed by atoms with Crippen molar-refractivity contribution in [1.82, 2.24) is 25.1 Å². The number of piperazine rings is 1. The number of aromatic amines is 1. The Morgan fingerprint density at radius 3 is 2.73 bits per heavy atom. The summed E-state index contributed by atoms with van der Waals surface area (Å²) in [6.07, 6.45) is -1.30. The molecule has 0 radical (unpaired) electrons. The average molecular weight is 461 g/mol. The maximum Gasteiger partial charge on any atom is 0.390 e. The number of anilines is 1. The number of halogens is 3. The molecule has 176 valence electrons. The molecule has 1 atom stereocenters. The van der Waals surface area contributed by atoms with Crippen molar-refractivity contribution in [3.63, 3.8) is 0 Å². The van der Waals surface area contributed by atoms with Crippen LogP contribution in [0.5, 0.6) is 5.75 Å². The summed E-state index contributed by atoms with van der Waals surface area (Å²) in [7, 11) is 0. The number of aromatic nitrogens is 4. The van der Waals surface area contributed by atoms with Crippen molar-refractivity contribution in [1.29, 1.82) is 0 Å². The second-order valence-electron chi connectivity index (χ2n) is 9.29. The summed E-state index contributed by atoms with van der Waals surface area (Å²) in [4.78, 5) is 12.8. The summed E-state index contributed by atoms with van der Waals surface area (Å²) in [6, 6.07) is 7.77. The van der Waals surface area contributed by atoms with Crippen LogP contribution in [-0.4, -0.2) is 69.1 Å². The molecule has 3 heterocycles. The molecule has 1 aromatic carbocycles. The summed E-state index contributed by atoms with van der Waals surface area (Å²) in [6.45, 7) is 5.85. The number of rotatable bonds is 6. The smallest absolute Gasteiger partial charge is 0.390 e. The van der Waals surface area contributed by atoms with Gasteiger partial charge in [-0.3, -0.25) is 10.00 Å². The van der Waals surface area contributed by atoms with Crippen molar-refractivity contribution in [2.45, 2.75) is 50.9 Å². The highest BCUT2D eigenvalue weighted by molar-refractivity contribution is 5.93. The summed E-state index contributed by atoms with van der Waals surface area (Å²) in [5.41, 5.74) is 2.23. The van der Waals surface area contributed by atoms with Crippen LogP contribution in [0.4, 0.5) is 19.0 Å². The molecule has 7 nitrogen and oxygen atoms in total. The van der Waals surface area contributed by atoms with E-state index in [1.807, 2.05) is 36.1 Å². The van der Waals surface area contributed by atoms with Crippen LogP contribution in [0.3, 0.4) is 0 Å². The van der Waals surface area contributed by atoms with Crippen molar-refractivity contribution in [3.8, 4) is 17.1 Å². The van der Waals surface area contributed by atoms with Crippen molar-refractivity contribution < 1.29 is 17.9 Å². The summed E-state index contributed by atoms with van der Waals surface area (Å²) >= 11 is 0. The fourth-order valence-corrected chi connectivity index (χ4v) is 4.27. The lowest BCUT2D eigenvalue weighted by molar-refractivity contribution is -0.139. The van der Waals surface area contributed by atoms with Crippen LogP contribution in [0.25, 0.3) is 22.3 Å². The van der Waals surface area contributed by atoms with Gasteiger partial charge in [-0.15, -0.1) is 0 Å². The lowest BCUT2D eigenvalue weighted by Crippen LogP contribution is -2.52. The second kappa shape index (κ2) is 8.16. The predicted octanol–water partition coefficient (Wildman–Crippen LogP) is 4.41. The fraction of sp³-hybridized carbons (Fsp3) is 0.522. The third kappa shape index (κ3) is 4.90. The van der Waals surface area contributed by atoms with Gasteiger partial charge in [-0.1, -0.05) is 0 Å². The molecule has 1 aliphatic heterocycles. The zero-order valence-corrected chi connectivity index (χ0v) is 18.7. The fourth-order valence-electron chi connectivity index (χ4n) is 4.27. The molecule has 0 unspecified atom stereocenters. The van der Waals surface area contributed by atoms with Gasteiger partial charge in [0.05, 0.1) is 17.6 Å². The van der Waals surface area contributed by atoms with E-state index >= 15 is 0 Å². The van der Waals surface area contributed by atoms with Gasteiger partial charge in [0.15, 0.2) is 0 Å². The number of fused-ring (bicyclic) bond motifs is 1. The third-order valence-electron chi connectivity index (χ3n) is 6.52. The van der Waals surface area contributed by atoms with Crippen molar-refractivity contribution >= 4 is 16.7 Å². The number of nitrogens with one attached hydrogen (secondary N) is 1. The molecule has 10 heteroatoms. The van der Waals surface area contributed by atoms with Gasteiger partial charge in [0.2, 0.25) is 0 Å². The Kier molecular flexibility index (Phi) is 5.43. The second-order valence-corrected chi connectivity index (χ2v) is 9.29. The van der Waals surface area contributed by atoms with E-state index < -0.39 is 12.6 Å². The van der Waals surface area contributed by atoms with Gasteiger partial charge in [0.25, 0.3) is 0 Å². The number of alkyl halides is 3. The molecule has 2 aliphatic rings. The zero-order chi connectivity index (χ0) is 23.2. The van der Waals surface area contributed by atoms with Crippen molar-refractivity contribution in [3.05, 3.63) is 30.6 Å². The number of hydrogen-bond donors (Lipinski definition) is 1. The van der Waals surface area contributed by atoms with Crippen molar-refractivity contribution in [2.24, 2.45) is 0 Å². The Morgan fingerprint density at radius 1 is 1.18 bits per heavy atom. The molecule has 0 bridgehead atoms. The first-order valence-corrected chi connectivity index (χ1v) is 11.2. The first kappa shape index (κ1) is 21.9. The number of ether oxygens (including phenoxy) is 1. The van der Waals surface area contributed by atoms with E-state index in [0.717, 1.165) is 41.0 Å². The standard InChI is InChI=1S/C23H27F3N6O/c1-15-13-32(10-9-31(15)8-7-23(24,25)26)20-12-19(27-14-28-20)21-17-11-16(33-22(2)5-6-22)3-4-18(17)29-30-21/h3-4,11-12,14-15H,5-10,13H2,1-2H3,(H,29,30)/t15-/m1/s1. The van der Waals surface area contributed by atoms with Gasteiger partial charge in [-0.05, 0) is 44.9 Å². The Hall–Kier alpha value is -2.88. The molecule has 0 spiro atoms. The molecule has 1 aliphatic carbocycles. The topological polar surface area (TPSA) is 70.2 Å². The van der Waals surface area contributed by atoms with E-state index in [4.69, 9.17) is 4.74 Å². The van der Waals surface area contributed by atoms with Crippen LogP contribution in [0.1, 0.15) is 33.1 Å². The molecule has 1 N–H and O–H groups in total. The van der Waals surface area contributed by atoms with Crippen LogP contribution < -0.4 is 9.64 Å². The van der Waals surface area contributed by atoms with Crippen LogP contribution in [-0.2, 0) is 0 Å². The molecule has 33 heavy (non-hydrogen) atoms. The maximum absolute atomic E-state index is 12.6. The third-order valence-corrected chi connectivity index (χ3v) is 6.52. The molecular weight excluding hydrogens is 433 g/mol. The first-order valence-electron chi connectivity index (χ1n) is 11.2. The molecular formula is C23H27F3N6O. The van der Waals surface area contributed by atoms with Gasteiger partial charge in [0, 0.05) is 43.7 Å². The predicted molar refractivity (Wildman–Crippen MR) is 119 cm³/mol. The highest BCUT2D eigenvalue weighted by atomic mass is 19.4. The highest BCUT2D eigenvalue weighted by Crippen LogP contribution is 2.40. The highest BCUT2D eigenvalue weighted by Gasteiger charge is 2.40. The monoisotopic (exact) mass is 460 g/mol. The van der Waals surface area contributed by atoms with E-state index in [9.17, 15) is 13.2 Å². The van der Waals surface area contributed by atoms with E-state index in [1.54, 1.807) is 0 Å². The lowest BCUT2D eigenvalue weighted by atomic mass is 10.1. The van der Waals surface area contributed by atoms with Gasteiger partial charge in [-0.25, -0.2) is 9.97 Å². The Balaban J connectivity index is 1.33. The number of H-pyrrole nitrogens is 1. The van der Waals surface area contributed by atoms with E-state index in [2.05, 4.69) is 32.0 Å². The molecule has 3 aromatic rings. The van der Waals surface area contributed by atoms with Gasteiger partial charge < -0.3 is 9.64 Å². The van der Waals surface area contributed by atoms with Gasteiger partial charge >= 0.3 is 6.18 Å². The Bertz CT molecular complexity index is 1140. The van der Waals surface area contributed by atoms with Crippen LogP contribution in [0, 0.1) is 0 Å². The number of nitrogens with zero attached hydrogens (tertiary/aromatic N) is 5. The molecule has 2 aromatic heterocycles. The Morgan fingerprint density at radius 2 is 2.00 bits per heavy atom. The zero-order valence-electron chi connectivity index (χ0n) is 18.7. The van der Waals surface area contributed by atoms with Gasteiger partial charge in [-0.2, -0.15) is 18.3 Å². The maximum atomic E-state index is 12.6.